The van der Waals surface area contributed by atoms with E-state index in [1.54, 1.807) is 24.3 Å². The lowest BCUT2D eigenvalue weighted by molar-refractivity contribution is -0.136. The molecule has 0 heterocycles. The molecule has 18 heavy (non-hydrogen) atoms. The molecule has 96 valence electrons. The number of carboxylic acids is 1. The fraction of sp³-hybridized carbons (Fsp3) is 0.429. The summed E-state index contributed by atoms with van der Waals surface area (Å²) in [6, 6.07) is 8.98. The smallest absolute Gasteiger partial charge is 0.323 e. The molecule has 1 N–H and O–H groups in total. The molecule has 1 amide bonds. The van der Waals surface area contributed by atoms with Crippen molar-refractivity contribution in [1.29, 1.82) is 0 Å². The van der Waals surface area contributed by atoms with Crippen LogP contribution in [0.3, 0.4) is 0 Å². The van der Waals surface area contributed by atoms with Crippen molar-refractivity contribution in [1.82, 2.24) is 0 Å². The van der Waals surface area contributed by atoms with Gasteiger partial charge in [-0.25, -0.2) is 0 Å². The van der Waals surface area contributed by atoms with Crippen LogP contribution < -0.4 is 4.90 Å². The van der Waals surface area contributed by atoms with Crippen LogP contribution in [0.4, 0.5) is 5.69 Å². The number of anilines is 1. The van der Waals surface area contributed by atoms with Gasteiger partial charge in [0.15, 0.2) is 0 Å². The highest BCUT2D eigenvalue weighted by Crippen LogP contribution is 2.33. The zero-order chi connectivity index (χ0) is 13.0. The summed E-state index contributed by atoms with van der Waals surface area (Å²) < 4.78 is 0. The van der Waals surface area contributed by atoms with Crippen molar-refractivity contribution in [2.75, 3.05) is 11.4 Å². The molecule has 0 bridgehead atoms. The molecule has 0 aliphatic heterocycles. The van der Waals surface area contributed by atoms with E-state index in [0.29, 0.717) is 18.0 Å². The van der Waals surface area contributed by atoms with E-state index in [-0.39, 0.29) is 12.5 Å². The number of rotatable bonds is 6. The standard InChI is InChI=1S/C14H17NO3/c16-13(9-8-11-6-7-11)15(10-14(17)18)12-4-2-1-3-5-12/h1-5,11H,6-10H2,(H,17,18). The van der Waals surface area contributed by atoms with Gasteiger partial charge in [0.05, 0.1) is 0 Å². The number of aliphatic carboxylic acids is 1. The molecule has 1 fully saturated rings. The van der Waals surface area contributed by atoms with Gasteiger partial charge in [0.1, 0.15) is 6.54 Å². The minimum Gasteiger partial charge on any atom is -0.480 e. The maximum Gasteiger partial charge on any atom is 0.323 e. The van der Waals surface area contributed by atoms with Crippen molar-refractivity contribution < 1.29 is 14.7 Å². The normalized spacial score (nSPS) is 14.2. The number of para-hydroxylation sites is 1. The van der Waals surface area contributed by atoms with Gasteiger partial charge in [-0.1, -0.05) is 31.0 Å². The Hall–Kier alpha value is -1.84. The Labute approximate surface area is 106 Å². The molecule has 0 atom stereocenters. The third-order valence-electron chi connectivity index (χ3n) is 3.13. The highest BCUT2D eigenvalue weighted by molar-refractivity contribution is 5.97. The number of nitrogens with zero attached hydrogens (tertiary/aromatic N) is 1. The summed E-state index contributed by atoms with van der Waals surface area (Å²) in [5.41, 5.74) is 0.653. The third-order valence-corrected chi connectivity index (χ3v) is 3.13. The molecule has 0 aromatic heterocycles. The summed E-state index contributed by atoms with van der Waals surface area (Å²) >= 11 is 0. The van der Waals surface area contributed by atoms with Crippen LogP contribution in [-0.4, -0.2) is 23.5 Å². The Morgan fingerprint density at radius 2 is 1.89 bits per heavy atom. The SMILES string of the molecule is O=C(O)CN(C(=O)CCC1CC1)c1ccccc1. The summed E-state index contributed by atoms with van der Waals surface area (Å²) in [6.07, 6.45) is 3.73. The molecule has 1 aromatic rings. The van der Waals surface area contributed by atoms with Gasteiger partial charge in [-0.3, -0.25) is 9.59 Å². The summed E-state index contributed by atoms with van der Waals surface area (Å²) in [7, 11) is 0. The predicted octanol–water partition coefficient (Wildman–Crippen LogP) is 2.29. The number of hydrogen-bond acceptors (Lipinski definition) is 2. The zero-order valence-corrected chi connectivity index (χ0v) is 10.2. The van der Waals surface area contributed by atoms with Gasteiger partial charge in [0, 0.05) is 12.1 Å². The topological polar surface area (TPSA) is 57.6 Å². The summed E-state index contributed by atoms with van der Waals surface area (Å²) in [5, 5.41) is 8.89. The van der Waals surface area contributed by atoms with Gasteiger partial charge in [-0.05, 0) is 24.5 Å². The number of carbonyl (C=O) groups excluding carboxylic acids is 1. The van der Waals surface area contributed by atoms with Gasteiger partial charge in [0.2, 0.25) is 5.91 Å². The molecular formula is C14H17NO3. The van der Waals surface area contributed by atoms with E-state index in [2.05, 4.69) is 0 Å². The maximum atomic E-state index is 12.1. The van der Waals surface area contributed by atoms with Crippen molar-refractivity contribution in [3.63, 3.8) is 0 Å². The predicted molar refractivity (Wildman–Crippen MR) is 68.4 cm³/mol. The molecule has 0 saturated heterocycles. The Morgan fingerprint density at radius 1 is 1.22 bits per heavy atom. The molecule has 1 aromatic carbocycles. The van der Waals surface area contributed by atoms with Gasteiger partial charge in [-0.2, -0.15) is 0 Å². The van der Waals surface area contributed by atoms with E-state index in [4.69, 9.17) is 5.11 Å². The van der Waals surface area contributed by atoms with E-state index in [0.717, 1.165) is 6.42 Å². The lowest BCUT2D eigenvalue weighted by Gasteiger charge is -2.20. The second-order valence-corrected chi connectivity index (χ2v) is 4.69. The molecular weight excluding hydrogens is 230 g/mol. The Kier molecular flexibility index (Phi) is 3.97. The average Bonchev–Trinajstić information content (AvgIpc) is 3.18. The molecule has 1 saturated carbocycles. The summed E-state index contributed by atoms with van der Waals surface area (Å²) in [5.74, 6) is -0.412. The van der Waals surface area contributed by atoms with Crippen molar-refractivity contribution in [3.05, 3.63) is 30.3 Å². The van der Waals surface area contributed by atoms with Gasteiger partial charge in [-0.15, -0.1) is 0 Å². The van der Waals surface area contributed by atoms with Gasteiger partial charge < -0.3 is 10.0 Å². The van der Waals surface area contributed by atoms with Crippen LogP contribution in [0, 0.1) is 5.92 Å². The van der Waals surface area contributed by atoms with E-state index in [1.807, 2.05) is 6.07 Å². The van der Waals surface area contributed by atoms with Crippen LogP contribution in [0.2, 0.25) is 0 Å². The van der Waals surface area contributed by atoms with Gasteiger partial charge in [0.25, 0.3) is 0 Å². The molecule has 0 unspecified atom stereocenters. The minimum absolute atomic E-state index is 0.101. The minimum atomic E-state index is -0.987. The first-order valence-electron chi connectivity index (χ1n) is 6.24. The van der Waals surface area contributed by atoms with Crippen LogP contribution in [0.25, 0.3) is 0 Å². The van der Waals surface area contributed by atoms with Crippen molar-refractivity contribution in [2.45, 2.75) is 25.7 Å². The number of carbonyl (C=O) groups is 2. The van der Waals surface area contributed by atoms with Crippen LogP contribution in [0.1, 0.15) is 25.7 Å². The highest BCUT2D eigenvalue weighted by atomic mass is 16.4. The molecule has 2 rings (SSSR count). The number of carboxylic acid groups (broad SMARTS) is 1. The van der Waals surface area contributed by atoms with E-state index < -0.39 is 5.97 Å². The fourth-order valence-electron chi connectivity index (χ4n) is 1.94. The maximum absolute atomic E-state index is 12.1. The Balaban J connectivity index is 2.03. The third kappa shape index (κ3) is 3.58. The average molecular weight is 247 g/mol. The lowest BCUT2D eigenvalue weighted by atomic mass is 10.2. The van der Waals surface area contributed by atoms with Crippen LogP contribution in [0.15, 0.2) is 30.3 Å². The fourth-order valence-corrected chi connectivity index (χ4v) is 1.94. The molecule has 1 aliphatic rings. The Morgan fingerprint density at radius 3 is 2.44 bits per heavy atom. The molecule has 1 aliphatic carbocycles. The Bertz CT molecular complexity index is 426. The second-order valence-electron chi connectivity index (χ2n) is 4.69. The van der Waals surface area contributed by atoms with E-state index >= 15 is 0 Å². The van der Waals surface area contributed by atoms with Crippen LogP contribution in [-0.2, 0) is 9.59 Å². The monoisotopic (exact) mass is 247 g/mol. The lowest BCUT2D eigenvalue weighted by Crippen LogP contribution is -2.35. The van der Waals surface area contributed by atoms with Crippen molar-refractivity contribution in [2.24, 2.45) is 5.92 Å². The number of hydrogen-bond donors (Lipinski definition) is 1. The molecule has 4 heteroatoms. The highest BCUT2D eigenvalue weighted by Gasteiger charge is 2.24. The molecule has 0 spiro atoms. The second kappa shape index (κ2) is 5.67. The first kappa shape index (κ1) is 12.6. The van der Waals surface area contributed by atoms with E-state index in [9.17, 15) is 9.59 Å². The summed E-state index contributed by atoms with van der Waals surface area (Å²) in [4.78, 5) is 24.3. The number of benzene rings is 1. The van der Waals surface area contributed by atoms with Crippen molar-refractivity contribution in [3.8, 4) is 0 Å². The van der Waals surface area contributed by atoms with Crippen LogP contribution in [0.5, 0.6) is 0 Å². The van der Waals surface area contributed by atoms with Gasteiger partial charge >= 0.3 is 5.97 Å². The van der Waals surface area contributed by atoms with Crippen molar-refractivity contribution >= 4 is 17.6 Å². The quantitative estimate of drug-likeness (QED) is 0.839. The summed E-state index contributed by atoms with van der Waals surface area (Å²) in [6.45, 7) is -0.270. The van der Waals surface area contributed by atoms with Crippen LogP contribution >= 0.6 is 0 Å². The van der Waals surface area contributed by atoms with E-state index in [1.165, 1.54) is 17.7 Å². The molecule has 0 radical (unpaired) electrons. The molecule has 4 nitrogen and oxygen atoms in total. The first-order chi connectivity index (χ1) is 8.66. The first-order valence-corrected chi connectivity index (χ1v) is 6.24. The zero-order valence-electron chi connectivity index (χ0n) is 10.2. The largest absolute Gasteiger partial charge is 0.480 e. The number of amides is 1.